The Kier molecular flexibility index (Phi) is 7.38. The van der Waals surface area contributed by atoms with Gasteiger partial charge in [0.2, 0.25) is 0 Å². The van der Waals surface area contributed by atoms with Crippen molar-refractivity contribution in [2.75, 3.05) is 6.61 Å². The number of halogens is 3. The van der Waals surface area contributed by atoms with E-state index in [9.17, 15) is 24.9 Å². The van der Waals surface area contributed by atoms with E-state index in [0.717, 1.165) is 6.92 Å². The molecule has 10 heteroatoms. The number of rotatable bonds is 7. The Morgan fingerprint density at radius 3 is 2.17 bits per heavy atom. The van der Waals surface area contributed by atoms with Crippen LogP contribution in [-0.4, -0.2) is 56.5 Å². The van der Waals surface area contributed by atoms with Crippen LogP contribution in [0.3, 0.4) is 0 Å². The molecule has 4 atom stereocenters. The molecule has 0 aliphatic rings. The van der Waals surface area contributed by atoms with Crippen LogP contribution >= 0.6 is 35.1 Å². The van der Waals surface area contributed by atoms with E-state index in [4.69, 9.17) is 35.1 Å². The van der Waals surface area contributed by atoms with E-state index in [2.05, 4.69) is 9.03 Å². The van der Waals surface area contributed by atoms with E-state index in [1.165, 1.54) is 0 Å². The summed E-state index contributed by atoms with van der Waals surface area (Å²) in [6.45, 7) is 0.449. The molecule has 0 rings (SSSR count). The highest BCUT2D eigenvalue weighted by atomic mass is 35.5. The Labute approximate surface area is 117 Å². The molecule has 0 aliphatic carbocycles. The summed E-state index contributed by atoms with van der Waals surface area (Å²) in [6, 6.07) is 0. The van der Waals surface area contributed by atoms with E-state index in [0.29, 0.717) is 0 Å². The normalized spacial score (nSPS) is 19.5. The predicted molar refractivity (Wildman–Crippen MR) is 61.0 cm³/mol. The van der Waals surface area contributed by atoms with Gasteiger partial charge in [-0.15, -0.1) is 0 Å². The molecule has 106 valence electrons. The molecular formula is C8H11Cl3O7. The molecular weight excluding hydrogens is 314 g/mol. The molecule has 18 heavy (non-hydrogen) atoms. The maximum atomic E-state index is 10.9. The molecule has 0 aliphatic heterocycles. The van der Waals surface area contributed by atoms with Crippen LogP contribution in [0.4, 0.5) is 0 Å². The van der Waals surface area contributed by atoms with Crippen LogP contribution in [0.5, 0.6) is 0 Å². The first-order chi connectivity index (χ1) is 8.16. The molecule has 0 fully saturated rings. The summed E-state index contributed by atoms with van der Waals surface area (Å²) in [5, 5.41) is 24.4. The van der Waals surface area contributed by atoms with Gasteiger partial charge in [-0.1, -0.05) is 11.6 Å². The van der Waals surface area contributed by atoms with Gasteiger partial charge in [-0.05, 0) is 11.6 Å². The maximum absolute atomic E-state index is 10.9. The summed E-state index contributed by atoms with van der Waals surface area (Å²) in [7, 11) is 0. The van der Waals surface area contributed by atoms with Crippen LogP contribution < -0.4 is 0 Å². The third-order valence-corrected chi connectivity index (χ3v) is 3.11. The summed E-state index contributed by atoms with van der Waals surface area (Å²) in [6.07, 6.45) is -5.85. The first kappa shape index (κ1) is 17.8. The minimum atomic E-state index is -2.64. The van der Waals surface area contributed by atoms with E-state index in [1.54, 1.807) is 0 Å². The number of aliphatic hydroxyl groups is 3. The Hall–Kier alpha value is -0.150. The molecule has 0 aromatic heterocycles. The molecule has 4 unspecified atom stereocenters. The van der Waals surface area contributed by atoms with Crippen LogP contribution in [-0.2, 0) is 18.6 Å². The zero-order valence-corrected chi connectivity index (χ0v) is 11.3. The van der Waals surface area contributed by atoms with Crippen molar-refractivity contribution in [2.45, 2.75) is 30.3 Å². The van der Waals surface area contributed by atoms with Crippen LogP contribution in [0.25, 0.3) is 0 Å². The smallest absolute Gasteiger partial charge is 0.302 e. The standard InChI is InChI=1S/C8H11Cl3O7/c1-3(12)17-2-4(13)5(14)6(15)8(10,18-11)7(9)16/h4-6,13-15H,2H2,1H3. The number of hydrogen-bond acceptors (Lipinski definition) is 7. The largest absolute Gasteiger partial charge is 0.463 e. The van der Waals surface area contributed by atoms with Crippen LogP contribution in [0.2, 0.25) is 0 Å². The van der Waals surface area contributed by atoms with Crippen molar-refractivity contribution < 1.29 is 33.9 Å². The van der Waals surface area contributed by atoms with Gasteiger partial charge in [0.15, 0.2) is 0 Å². The van der Waals surface area contributed by atoms with Crippen LogP contribution in [0.15, 0.2) is 0 Å². The first-order valence-electron chi connectivity index (χ1n) is 4.53. The fraction of sp³-hybridized carbons (Fsp3) is 0.750. The van der Waals surface area contributed by atoms with Gasteiger partial charge in [0.05, 0.1) is 11.9 Å². The number of alkyl halides is 1. The lowest BCUT2D eigenvalue weighted by Crippen LogP contribution is -2.54. The second-order valence-corrected chi connectivity index (χ2v) is 4.36. The van der Waals surface area contributed by atoms with Crippen molar-refractivity contribution in [3.8, 4) is 0 Å². The lowest BCUT2D eigenvalue weighted by Gasteiger charge is -2.30. The maximum Gasteiger partial charge on any atom is 0.302 e. The predicted octanol–water partition coefficient (Wildman–Crippen LogP) is -0.497. The molecule has 0 saturated carbocycles. The summed E-state index contributed by atoms with van der Waals surface area (Å²) in [5.41, 5.74) is 0. The third kappa shape index (κ3) is 4.51. The van der Waals surface area contributed by atoms with Gasteiger partial charge in [-0.3, -0.25) is 9.59 Å². The molecule has 0 saturated heterocycles. The fourth-order valence-corrected chi connectivity index (χ4v) is 1.40. The second-order valence-electron chi connectivity index (χ2n) is 3.30. The molecule has 0 heterocycles. The summed E-state index contributed by atoms with van der Waals surface area (Å²) in [5.74, 6) is -0.713. The number of hydrogen-bond donors (Lipinski definition) is 3. The average Bonchev–Trinajstić information content (AvgIpc) is 2.32. The zero-order valence-electron chi connectivity index (χ0n) is 9.05. The fourth-order valence-electron chi connectivity index (χ4n) is 0.924. The molecule has 0 radical (unpaired) electrons. The molecule has 0 aromatic rings. The molecule has 0 bridgehead atoms. The lowest BCUT2D eigenvalue weighted by atomic mass is 10.0. The van der Waals surface area contributed by atoms with E-state index < -0.39 is 41.2 Å². The Bertz CT molecular complexity index is 313. The van der Waals surface area contributed by atoms with E-state index >= 15 is 0 Å². The van der Waals surface area contributed by atoms with Crippen molar-refractivity contribution in [3.05, 3.63) is 0 Å². The Morgan fingerprint density at radius 1 is 1.33 bits per heavy atom. The number of aliphatic hydroxyl groups excluding tert-OH is 3. The molecule has 0 aromatic carbocycles. The van der Waals surface area contributed by atoms with Crippen molar-refractivity contribution in [3.63, 3.8) is 0 Å². The van der Waals surface area contributed by atoms with Gasteiger partial charge >= 0.3 is 5.97 Å². The third-order valence-electron chi connectivity index (χ3n) is 1.94. The highest BCUT2D eigenvalue weighted by molar-refractivity contribution is 6.70. The van der Waals surface area contributed by atoms with Gasteiger partial charge < -0.3 is 20.1 Å². The average molecular weight is 326 g/mol. The van der Waals surface area contributed by atoms with Gasteiger partial charge in [0.25, 0.3) is 10.3 Å². The molecule has 0 spiro atoms. The second kappa shape index (κ2) is 7.44. The SMILES string of the molecule is CC(=O)OCC(O)C(O)C(O)C(Cl)(OCl)C(=O)Cl. The highest BCUT2D eigenvalue weighted by Crippen LogP contribution is 2.29. The number of ether oxygens (including phenoxy) is 1. The summed E-state index contributed by atoms with van der Waals surface area (Å²) < 4.78 is 8.37. The minimum absolute atomic E-state index is 0.626. The van der Waals surface area contributed by atoms with Gasteiger partial charge in [-0.25, -0.2) is 4.29 Å². The topological polar surface area (TPSA) is 113 Å². The molecule has 3 N–H and O–H groups in total. The van der Waals surface area contributed by atoms with Gasteiger partial charge in [0, 0.05) is 6.92 Å². The van der Waals surface area contributed by atoms with Crippen molar-refractivity contribution in [1.29, 1.82) is 0 Å². The minimum Gasteiger partial charge on any atom is -0.463 e. The quantitative estimate of drug-likeness (QED) is 0.328. The Morgan fingerprint density at radius 2 is 1.83 bits per heavy atom. The summed E-state index contributed by atoms with van der Waals surface area (Å²) in [4.78, 5) is 21.4. The van der Waals surface area contributed by atoms with Crippen molar-refractivity contribution >= 4 is 46.3 Å². The van der Waals surface area contributed by atoms with Crippen LogP contribution in [0.1, 0.15) is 6.92 Å². The monoisotopic (exact) mass is 324 g/mol. The van der Waals surface area contributed by atoms with E-state index in [-0.39, 0.29) is 0 Å². The van der Waals surface area contributed by atoms with E-state index in [1.807, 2.05) is 0 Å². The van der Waals surface area contributed by atoms with Gasteiger partial charge in [0.1, 0.15) is 24.9 Å². The van der Waals surface area contributed by atoms with Crippen LogP contribution in [0, 0.1) is 0 Å². The molecule has 7 nitrogen and oxygen atoms in total. The highest BCUT2D eigenvalue weighted by Gasteiger charge is 2.49. The molecule has 0 amide bonds. The lowest BCUT2D eigenvalue weighted by molar-refractivity contribution is -0.156. The zero-order chi connectivity index (χ0) is 14.5. The van der Waals surface area contributed by atoms with Crippen molar-refractivity contribution in [2.24, 2.45) is 0 Å². The summed E-state index contributed by atoms with van der Waals surface area (Å²) >= 11 is 15.4. The number of carbonyl (C=O) groups is 2. The first-order valence-corrected chi connectivity index (χ1v) is 5.59. The number of carbonyl (C=O) groups excluding carboxylic acids is 2. The van der Waals surface area contributed by atoms with Crippen molar-refractivity contribution in [1.82, 2.24) is 0 Å². The Balaban J connectivity index is 4.70. The van der Waals surface area contributed by atoms with Gasteiger partial charge in [-0.2, -0.15) is 0 Å². The number of esters is 1.